The van der Waals surface area contributed by atoms with Crippen LogP contribution >= 0.6 is 0 Å². The summed E-state index contributed by atoms with van der Waals surface area (Å²) in [6.45, 7) is 3.02. The second kappa shape index (κ2) is 4.70. The van der Waals surface area contributed by atoms with Gasteiger partial charge in [-0.3, -0.25) is 4.90 Å². The van der Waals surface area contributed by atoms with Crippen molar-refractivity contribution in [3.63, 3.8) is 0 Å². The van der Waals surface area contributed by atoms with Crippen LogP contribution in [0.4, 0.5) is 0 Å². The van der Waals surface area contributed by atoms with Gasteiger partial charge in [0, 0.05) is 32.3 Å². The number of nitrogens with zero attached hydrogens (tertiary/aromatic N) is 5. The Morgan fingerprint density at radius 1 is 1.30 bits per heavy atom. The lowest BCUT2D eigenvalue weighted by Gasteiger charge is -2.14. The van der Waals surface area contributed by atoms with Crippen LogP contribution in [0, 0.1) is 0 Å². The highest BCUT2D eigenvalue weighted by Gasteiger charge is 2.32. The fourth-order valence-electron chi connectivity index (χ4n) is 2.86. The molecule has 0 N–H and O–H groups in total. The lowest BCUT2D eigenvalue weighted by molar-refractivity contribution is 0.303. The van der Waals surface area contributed by atoms with Gasteiger partial charge >= 0.3 is 0 Å². The van der Waals surface area contributed by atoms with Gasteiger partial charge in [0.25, 0.3) is 0 Å². The molecule has 2 aromatic heterocycles. The maximum atomic E-state index is 5.45. The summed E-state index contributed by atoms with van der Waals surface area (Å²) >= 11 is 0. The van der Waals surface area contributed by atoms with Crippen LogP contribution < -0.4 is 0 Å². The van der Waals surface area contributed by atoms with Gasteiger partial charge in [0.05, 0.1) is 17.9 Å². The van der Waals surface area contributed by atoms with Gasteiger partial charge in [0.15, 0.2) is 5.82 Å². The Kier molecular flexibility index (Phi) is 2.84. The van der Waals surface area contributed by atoms with Crippen LogP contribution in [-0.2, 0) is 13.6 Å². The van der Waals surface area contributed by atoms with Crippen LogP contribution in [-0.4, -0.2) is 37.7 Å². The van der Waals surface area contributed by atoms with Crippen molar-refractivity contribution in [2.75, 3.05) is 13.1 Å². The van der Waals surface area contributed by atoms with Gasteiger partial charge in [0.2, 0.25) is 5.89 Å². The molecule has 0 spiro atoms. The molecule has 2 aliphatic rings. The lowest BCUT2D eigenvalue weighted by Crippen LogP contribution is -2.21. The Bertz CT molecular complexity index is 600. The largest absolute Gasteiger partial charge is 0.339 e. The molecule has 0 radical (unpaired) electrons. The second-order valence-corrected chi connectivity index (χ2v) is 5.98. The van der Waals surface area contributed by atoms with Crippen LogP contribution in [0.3, 0.4) is 0 Å². The summed E-state index contributed by atoms with van der Waals surface area (Å²) in [5, 5.41) is 4.12. The Morgan fingerprint density at radius 2 is 2.20 bits per heavy atom. The van der Waals surface area contributed by atoms with Crippen molar-refractivity contribution >= 4 is 0 Å². The summed E-state index contributed by atoms with van der Waals surface area (Å²) in [6.07, 6.45) is 7.32. The molecule has 106 valence electrons. The van der Waals surface area contributed by atoms with E-state index in [1.807, 2.05) is 19.6 Å². The molecule has 4 rings (SSSR count). The lowest BCUT2D eigenvalue weighted by atomic mass is 10.1. The zero-order chi connectivity index (χ0) is 13.5. The van der Waals surface area contributed by atoms with Crippen molar-refractivity contribution in [3.8, 4) is 0 Å². The SMILES string of the molecule is Cn1cncc1CN1CCC(c2nc(C3CC3)no2)C1. The van der Waals surface area contributed by atoms with Crippen molar-refractivity contribution in [2.45, 2.75) is 37.6 Å². The molecule has 1 aliphatic carbocycles. The molecule has 1 saturated carbocycles. The molecule has 3 heterocycles. The van der Waals surface area contributed by atoms with E-state index in [4.69, 9.17) is 4.52 Å². The smallest absolute Gasteiger partial charge is 0.231 e. The number of imidazole rings is 1. The summed E-state index contributed by atoms with van der Waals surface area (Å²) in [5.74, 6) is 2.71. The maximum Gasteiger partial charge on any atom is 0.231 e. The number of rotatable bonds is 4. The molecule has 2 aromatic rings. The zero-order valence-electron chi connectivity index (χ0n) is 11.7. The highest BCUT2D eigenvalue weighted by molar-refractivity contribution is 5.07. The summed E-state index contributed by atoms with van der Waals surface area (Å²) in [7, 11) is 2.04. The van der Waals surface area contributed by atoms with Crippen LogP contribution in [0.1, 0.15) is 48.5 Å². The van der Waals surface area contributed by atoms with Crippen molar-refractivity contribution in [2.24, 2.45) is 7.05 Å². The molecule has 1 aliphatic heterocycles. The summed E-state index contributed by atoms with van der Waals surface area (Å²) in [6, 6.07) is 0. The van der Waals surface area contributed by atoms with E-state index in [0.717, 1.165) is 37.8 Å². The summed E-state index contributed by atoms with van der Waals surface area (Å²) < 4.78 is 7.53. The first-order chi connectivity index (χ1) is 9.79. The van der Waals surface area contributed by atoms with Crippen LogP contribution in [0.15, 0.2) is 17.0 Å². The fraction of sp³-hybridized carbons (Fsp3) is 0.643. The van der Waals surface area contributed by atoms with Gasteiger partial charge in [-0.2, -0.15) is 4.98 Å². The molecule has 1 atom stereocenters. The predicted molar refractivity (Wildman–Crippen MR) is 72.1 cm³/mol. The molecule has 1 unspecified atom stereocenters. The highest BCUT2D eigenvalue weighted by atomic mass is 16.5. The molecule has 6 nitrogen and oxygen atoms in total. The number of hydrogen-bond acceptors (Lipinski definition) is 5. The van der Waals surface area contributed by atoms with Gasteiger partial charge < -0.3 is 9.09 Å². The van der Waals surface area contributed by atoms with Crippen molar-refractivity contribution in [1.82, 2.24) is 24.6 Å². The summed E-state index contributed by atoms with van der Waals surface area (Å²) in [4.78, 5) is 11.2. The molecular formula is C14H19N5O. The highest BCUT2D eigenvalue weighted by Crippen LogP contribution is 2.39. The van der Waals surface area contributed by atoms with E-state index in [1.165, 1.54) is 18.5 Å². The van der Waals surface area contributed by atoms with Gasteiger partial charge in [0.1, 0.15) is 0 Å². The van der Waals surface area contributed by atoms with E-state index in [0.29, 0.717) is 11.8 Å². The van der Waals surface area contributed by atoms with E-state index >= 15 is 0 Å². The third kappa shape index (κ3) is 2.24. The van der Waals surface area contributed by atoms with Gasteiger partial charge in [-0.25, -0.2) is 4.98 Å². The Hall–Kier alpha value is -1.69. The maximum absolute atomic E-state index is 5.45. The van der Waals surface area contributed by atoms with Gasteiger partial charge in [-0.05, 0) is 25.8 Å². The molecule has 2 fully saturated rings. The second-order valence-electron chi connectivity index (χ2n) is 5.98. The average molecular weight is 273 g/mol. The normalized spacial score (nSPS) is 23.6. The topological polar surface area (TPSA) is 60.0 Å². The predicted octanol–water partition coefficient (Wildman–Crippen LogP) is 1.67. The molecule has 20 heavy (non-hydrogen) atoms. The Balaban J connectivity index is 1.40. The Labute approximate surface area is 117 Å². The standard InChI is InChI=1S/C14H19N5O/c1-18-9-15-6-12(18)8-19-5-4-11(7-19)14-16-13(17-20-14)10-2-3-10/h6,9-11H,2-5,7-8H2,1H3. The number of aromatic nitrogens is 4. The zero-order valence-corrected chi connectivity index (χ0v) is 11.7. The van der Waals surface area contributed by atoms with Crippen LogP contribution in [0.25, 0.3) is 0 Å². The minimum atomic E-state index is 0.392. The molecule has 0 amide bonds. The number of likely N-dealkylation sites (tertiary alicyclic amines) is 1. The van der Waals surface area contributed by atoms with E-state index in [-0.39, 0.29) is 0 Å². The third-order valence-corrected chi connectivity index (χ3v) is 4.32. The van der Waals surface area contributed by atoms with Gasteiger partial charge in [-0.1, -0.05) is 5.16 Å². The van der Waals surface area contributed by atoms with Gasteiger partial charge in [-0.15, -0.1) is 0 Å². The van der Waals surface area contributed by atoms with Crippen molar-refractivity contribution < 1.29 is 4.52 Å². The number of aryl methyl sites for hydroxylation is 1. The van der Waals surface area contributed by atoms with Crippen LogP contribution in [0.2, 0.25) is 0 Å². The van der Waals surface area contributed by atoms with Crippen LogP contribution in [0.5, 0.6) is 0 Å². The minimum absolute atomic E-state index is 0.392. The first kappa shape index (κ1) is 12.1. The monoisotopic (exact) mass is 273 g/mol. The Morgan fingerprint density at radius 3 is 2.95 bits per heavy atom. The average Bonchev–Trinajstić information content (AvgIpc) is 2.88. The minimum Gasteiger partial charge on any atom is -0.339 e. The molecule has 0 aromatic carbocycles. The van der Waals surface area contributed by atoms with E-state index < -0.39 is 0 Å². The first-order valence-corrected chi connectivity index (χ1v) is 7.30. The van der Waals surface area contributed by atoms with E-state index in [9.17, 15) is 0 Å². The number of hydrogen-bond donors (Lipinski definition) is 0. The third-order valence-electron chi connectivity index (χ3n) is 4.32. The summed E-state index contributed by atoms with van der Waals surface area (Å²) in [5.41, 5.74) is 1.25. The van der Waals surface area contributed by atoms with Crippen molar-refractivity contribution in [3.05, 3.63) is 29.9 Å². The van der Waals surface area contributed by atoms with E-state index in [1.54, 1.807) is 0 Å². The molecule has 0 bridgehead atoms. The van der Waals surface area contributed by atoms with E-state index in [2.05, 4.69) is 24.6 Å². The molecule has 1 saturated heterocycles. The molecule has 6 heteroatoms. The fourth-order valence-corrected chi connectivity index (χ4v) is 2.86. The van der Waals surface area contributed by atoms with Crippen molar-refractivity contribution in [1.29, 1.82) is 0 Å². The quantitative estimate of drug-likeness (QED) is 0.848. The molecular weight excluding hydrogens is 254 g/mol. The first-order valence-electron chi connectivity index (χ1n) is 7.30.